The molecule has 5 rings (SSSR count). The molecule has 0 amide bonds. The first-order valence-corrected chi connectivity index (χ1v) is 8.28. The van der Waals surface area contributed by atoms with E-state index in [1.165, 1.54) is 5.56 Å². The minimum atomic E-state index is 0.575. The molecule has 7 nitrogen and oxygen atoms in total. The van der Waals surface area contributed by atoms with Crippen molar-refractivity contribution in [1.29, 1.82) is 0 Å². The Balaban J connectivity index is 1.50. The lowest BCUT2D eigenvalue weighted by molar-refractivity contribution is 1.03. The van der Waals surface area contributed by atoms with Gasteiger partial charge in [0.2, 0.25) is 5.95 Å². The molecule has 0 aliphatic heterocycles. The van der Waals surface area contributed by atoms with Gasteiger partial charge in [-0.2, -0.15) is 10.1 Å². The van der Waals surface area contributed by atoms with Crippen molar-refractivity contribution in [3.8, 4) is 5.69 Å². The number of nitrogens with one attached hydrogen (secondary N) is 2. The number of H-pyrrole nitrogens is 1. The van der Waals surface area contributed by atoms with Crippen LogP contribution in [0.25, 0.3) is 27.8 Å². The van der Waals surface area contributed by atoms with Gasteiger partial charge in [-0.15, -0.1) is 0 Å². The van der Waals surface area contributed by atoms with Gasteiger partial charge in [-0.3, -0.25) is 9.67 Å². The predicted octanol–water partition coefficient (Wildman–Crippen LogP) is 3.30. The minimum Gasteiger partial charge on any atom is -0.350 e. The molecule has 5 aromatic rings. The number of nitrogens with zero attached hydrogens (tertiary/aromatic N) is 5. The van der Waals surface area contributed by atoms with Crippen LogP contribution in [0.2, 0.25) is 0 Å². The average molecular weight is 341 g/mol. The van der Waals surface area contributed by atoms with Crippen molar-refractivity contribution < 1.29 is 0 Å². The van der Waals surface area contributed by atoms with Crippen LogP contribution in [0, 0.1) is 0 Å². The number of anilines is 1. The number of hydrogen-bond donors (Lipinski definition) is 2. The molecule has 126 valence electrons. The lowest BCUT2D eigenvalue weighted by atomic mass is 10.2. The van der Waals surface area contributed by atoms with E-state index >= 15 is 0 Å². The van der Waals surface area contributed by atoms with Crippen molar-refractivity contribution >= 4 is 28.0 Å². The maximum atomic E-state index is 4.65. The second kappa shape index (κ2) is 5.96. The lowest BCUT2D eigenvalue weighted by Crippen LogP contribution is -2.04. The van der Waals surface area contributed by atoms with Gasteiger partial charge >= 0.3 is 0 Å². The van der Waals surface area contributed by atoms with Crippen molar-refractivity contribution in [3.05, 3.63) is 72.8 Å². The smallest absolute Gasteiger partial charge is 0.225 e. The molecule has 0 saturated heterocycles. The van der Waals surface area contributed by atoms with Crippen LogP contribution in [0.15, 0.2) is 67.3 Å². The van der Waals surface area contributed by atoms with Gasteiger partial charge in [-0.1, -0.05) is 30.3 Å². The Morgan fingerprint density at radius 3 is 2.85 bits per heavy atom. The van der Waals surface area contributed by atoms with Crippen LogP contribution in [-0.2, 0) is 6.54 Å². The second-order valence-electron chi connectivity index (χ2n) is 6.00. The van der Waals surface area contributed by atoms with E-state index in [-0.39, 0.29) is 0 Å². The number of aromatic nitrogens is 6. The molecular formula is C19H15N7. The van der Waals surface area contributed by atoms with Crippen LogP contribution in [0.4, 0.5) is 5.95 Å². The Morgan fingerprint density at radius 1 is 1.00 bits per heavy atom. The molecule has 0 aliphatic carbocycles. The van der Waals surface area contributed by atoms with E-state index in [0.29, 0.717) is 12.5 Å². The number of imidazole rings is 1. The Kier molecular flexibility index (Phi) is 3.35. The molecule has 0 fully saturated rings. The first-order valence-electron chi connectivity index (χ1n) is 8.28. The first kappa shape index (κ1) is 14.6. The van der Waals surface area contributed by atoms with Crippen LogP contribution >= 0.6 is 0 Å². The summed E-state index contributed by atoms with van der Waals surface area (Å²) in [7, 11) is 0. The summed E-state index contributed by atoms with van der Waals surface area (Å²) in [5.41, 5.74) is 4.63. The number of hydrogen-bond acceptors (Lipinski definition) is 5. The highest BCUT2D eigenvalue weighted by Gasteiger charge is 2.09. The number of rotatable bonds is 4. The topological polar surface area (TPSA) is 84.3 Å². The van der Waals surface area contributed by atoms with Gasteiger partial charge in [0.15, 0.2) is 5.65 Å². The van der Waals surface area contributed by atoms with E-state index in [1.807, 2.05) is 41.0 Å². The molecule has 2 aromatic carbocycles. The van der Waals surface area contributed by atoms with E-state index < -0.39 is 0 Å². The van der Waals surface area contributed by atoms with Gasteiger partial charge < -0.3 is 5.32 Å². The Morgan fingerprint density at radius 2 is 1.92 bits per heavy atom. The van der Waals surface area contributed by atoms with Gasteiger partial charge in [-0.05, 0) is 23.8 Å². The molecule has 3 heterocycles. The van der Waals surface area contributed by atoms with E-state index in [9.17, 15) is 0 Å². The third-order valence-electron chi connectivity index (χ3n) is 4.29. The van der Waals surface area contributed by atoms with Crippen molar-refractivity contribution in [2.45, 2.75) is 6.54 Å². The van der Waals surface area contributed by atoms with E-state index in [1.54, 1.807) is 18.7 Å². The molecule has 0 unspecified atom stereocenters. The van der Waals surface area contributed by atoms with E-state index in [0.717, 1.165) is 27.8 Å². The normalized spacial score (nSPS) is 11.2. The largest absolute Gasteiger partial charge is 0.350 e. The van der Waals surface area contributed by atoms with Gasteiger partial charge in [-0.25, -0.2) is 9.97 Å². The molecule has 3 aromatic heterocycles. The maximum Gasteiger partial charge on any atom is 0.225 e. The maximum absolute atomic E-state index is 4.65. The van der Waals surface area contributed by atoms with Crippen molar-refractivity contribution in [2.75, 3.05) is 5.32 Å². The zero-order valence-corrected chi connectivity index (χ0v) is 13.8. The summed E-state index contributed by atoms with van der Waals surface area (Å²) in [6.07, 6.45) is 5.30. The third-order valence-corrected chi connectivity index (χ3v) is 4.29. The summed E-state index contributed by atoms with van der Waals surface area (Å²) in [5, 5.41) is 11.4. The van der Waals surface area contributed by atoms with Crippen LogP contribution in [0.3, 0.4) is 0 Å². The molecule has 0 aliphatic rings. The molecule has 2 N–H and O–H groups in total. The summed E-state index contributed by atoms with van der Waals surface area (Å²) in [6, 6.07) is 16.2. The highest BCUT2D eigenvalue weighted by molar-refractivity contribution is 5.81. The van der Waals surface area contributed by atoms with Crippen LogP contribution in [0.5, 0.6) is 0 Å². The summed E-state index contributed by atoms with van der Waals surface area (Å²) in [5.74, 6) is 0.575. The van der Waals surface area contributed by atoms with Crippen LogP contribution in [0.1, 0.15) is 5.56 Å². The zero-order chi connectivity index (χ0) is 17.3. The van der Waals surface area contributed by atoms with Gasteiger partial charge in [0.1, 0.15) is 11.8 Å². The number of benzene rings is 2. The van der Waals surface area contributed by atoms with Gasteiger partial charge in [0.25, 0.3) is 0 Å². The fourth-order valence-corrected chi connectivity index (χ4v) is 2.94. The number of fused-ring (bicyclic) bond motifs is 2. The SMILES string of the molecule is c1ccc(CNc2ncc3ncn(-c4ccc5cn[nH]c5c4)c3n2)cc1. The van der Waals surface area contributed by atoms with E-state index in [4.69, 9.17) is 0 Å². The summed E-state index contributed by atoms with van der Waals surface area (Å²) in [6.45, 7) is 0.667. The highest BCUT2D eigenvalue weighted by Crippen LogP contribution is 2.20. The Labute approximate surface area is 148 Å². The summed E-state index contributed by atoms with van der Waals surface area (Å²) >= 11 is 0. The minimum absolute atomic E-state index is 0.575. The lowest BCUT2D eigenvalue weighted by Gasteiger charge is -2.07. The van der Waals surface area contributed by atoms with Gasteiger partial charge in [0.05, 0.1) is 23.6 Å². The molecule has 0 bridgehead atoms. The standard InChI is InChI=1S/C19H15N7/c1-2-4-13(5-3-1)9-20-19-21-11-17-18(24-19)26(12-22-17)15-7-6-14-10-23-25-16(14)8-15/h1-8,10-12H,9H2,(H,23,25)(H,20,21,24). The van der Waals surface area contributed by atoms with Crippen molar-refractivity contribution in [1.82, 2.24) is 29.7 Å². The van der Waals surface area contributed by atoms with E-state index in [2.05, 4.69) is 42.6 Å². The Hall–Kier alpha value is -3.74. The molecular weight excluding hydrogens is 326 g/mol. The molecule has 0 spiro atoms. The van der Waals surface area contributed by atoms with Crippen molar-refractivity contribution in [2.24, 2.45) is 0 Å². The van der Waals surface area contributed by atoms with Gasteiger partial charge in [0, 0.05) is 11.9 Å². The van der Waals surface area contributed by atoms with Crippen molar-refractivity contribution in [3.63, 3.8) is 0 Å². The fraction of sp³-hybridized carbons (Fsp3) is 0.0526. The third kappa shape index (κ3) is 2.55. The average Bonchev–Trinajstić information content (AvgIpc) is 3.33. The summed E-state index contributed by atoms with van der Waals surface area (Å²) < 4.78 is 1.95. The predicted molar refractivity (Wildman–Crippen MR) is 100 cm³/mol. The second-order valence-corrected chi connectivity index (χ2v) is 6.00. The highest BCUT2D eigenvalue weighted by atomic mass is 15.2. The quantitative estimate of drug-likeness (QED) is 0.524. The molecule has 0 atom stereocenters. The van der Waals surface area contributed by atoms with Crippen LogP contribution in [-0.4, -0.2) is 29.7 Å². The van der Waals surface area contributed by atoms with Crippen LogP contribution < -0.4 is 5.32 Å². The monoisotopic (exact) mass is 341 g/mol. The molecule has 0 saturated carbocycles. The first-order chi connectivity index (χ1) is 12.9. The summed E-state index contributed by atoms with van der Waals surface area (Å²) in [4.78, 5) is 13.4. The fourth-order valence-electron chi connectivity index (χ4n) is 2.94. The zero-order valence-electron chi connectivity index (χ0n) is 13.8. The Bertz CT molecular complexity index is 1190. The number of aromatic amines is 1. The molecule has 26 heavy (non-hydrogen) atoms. The molecule has 7 heteroatoms. The molecule has 0 radical (unpaired) electrons.